The SMILES string of the molecule is CN1c2ccccc2CC1C=O. The molecular formula is C10H11NO. The van der Waals surface area contributed by atoms with E-state index in [0.717, 1.165) is 12.7 Å². The molecule has 2 nitrogen and oxygen atoms in total. The third-order valence-corrected chi connectivity index (χ3v) is 2.46. The lowest BCUT2D eigenvalue weighted by Gasteiger charge is -2.16. The third kappa shape index (κ3) is 0.916. The van der Waals surface area contributed by atoms with Gasteiger partial charge in [0.25, 0.3) is 0 Å². The highest BCUT2D eigenvalue weighted by Gasteiger charge is 2.24. The number of benzene rings is 1. The maximum atomic E-state index is 10.6. The van der Waals surface area contributed by atoms with Gasteiger partial charge in [-0.3, -0.25) is 0 Å². The fourth-order valence-electron chi connectivity index (χ4n) is 1.71. The molecule has 0 aliphatic carbocycles. The molecule has 0 aromatic heterocycles. The van der Waals surface area contributed by atoms with Crippen LogP contribution in [0.3, 0.4) is 0 Å². The van der Waals surface area contributed by atoms with Crippen LogP contribution >= 0.6 is 0 Å². The quantitative estimate of drug-likeness (QED) is 0.578. The zero-order valence-corrected chi connectivity index (χ0v) is 7.03. The molecule has 1 atom stereocenters. The smallest absolute Gasteiger partial charge is 0.142 e. The molecule has 1 unspecified atom stereocenters. The zero-order chi connectivity index (χ0) is 8.55. The fraction of sp³-hybridized carbons (Fsp3) is 0.300. The second-order valence-electron chi connectivity index (χ2n) is 3.15. The van der Waals surface area contributed by atoms with Gasteiger partial charge in [0.05, 0.1) is 6.04 Å². The molecule has 1 heterocycles. The maximum absolute atomic E-state index is 10.6. The lowest BCUT2D eigenvalue weighted by atomic mass is 10.1. The molecule has 62 valence electrons. The third-order valence-electron chi connectivity index (χ3n) is 2.46. The molecule has 0 amide bonds. The number of hydrogen-bond donors (Lipinski definition) is 0. The van der Waals surface area contributed by atoms with Gasteiger partial charge < -0.3 is 9.69 Å². The van der Waals surface area contributed by atoms with Crippen molar-refractivity contribution in [1.82, 2.24) is 0 Å². The van der Waals surface area contributed by atoms with E-state index in [1.807, 2.05) is 24.1 Å². The summed E-state index contributed by atoms with van der Waals surface area (Å²) in [6, 6.07) is 8.19. The van der Waals surface area contributed by atoms with Gasteiger partial charge in [0.1, 0.15) is 6.29 Å². The van der Waals surface area contributed by atoms with Crippen molar-refractivity contribution in [2.75, 3.05) is 11.9 Å². The van der Waals surface area contributed by atoms with Gasteiger partial charge in [-0.05, 0) is 11.6 Å². The molecule has 0 radical (unpaired) electrons. The summed E-state index contributed by atoms with van der Waals surface area (Å²) in [6.07, 6.45) is 1.87. The molecule has 0 bridgehead atoms. The Labute approximate surface area is 71.8 Å². The summed E-state index contributed by atoms with van der Waals surface area (Å²) in [5.74, 6) is 0. The average molecular weight is 161 g/mol. The number of carbonyl (C=O) groups is 1. The molecule has 0 saturated carbocycles. The van der Waals surface area contributed by atoms with Gasteiger partial charge in [-0.2, -0.15) is 0 Å². The molecule has 0 spiro atoms. The summed E-state index contributed by atoms with van der Waals surface area (Å²) in [5.41, 5.74) is 2.46. The van der Waals surface area contributed by atoms with Crippen LogP contribution in [-0.2, 0) is 11.2 Å². The molecule has 1 aromatic rings. The molecule has 12 heavy (non-hydrogen) atoms. The maximum Gasteiger partial charge on any atom is 0.142 e. The highest BCUT2D eigenvalue weighted by atomic mass is 16.1. The van der Waals surface area contributed by atoms with Gasteiger partial charge in [0.15, 0.2) is 0 Å². The first kappa shape index (κ1) is 7.35. The predicted molar refractivity (Wildman–Crippen MR) is 48.4 cm³/mol. The molecular weight excluding hydrogens is 150 g/mol. The van der Waals surface area contributed by atoms with Crippen LogP contribution in [-0.4, -0.2) is 19.4 Å². The highest BCUT2D eigenvalue weighted by molar-refractivity contribution is 5.72. The number of rotatable bonds is 1. The standard InChI is InChI=1S/C10H11NO/c1-11-9(7-12)6-8-4-2-3-5-10(8)11/h2-5,7,9H,6H2,1H3. The van der Waals surface area contributed by atoms with Crippen molar-refractivity contribution in [3.8, 4) is 0 Å². The van der Waals surface area contributed by atoms with E-state index in [9.17, 15) is 4.79 Å². The number of fused-ring (bicyclic) bond motifs is 1. The number of likely N-dealkylation sites (N-methyl/N-ethyl adjacent to an activating group) is 1. The number of hydrogen-bond acceptors (Lipinski definition) is 2. The molecule has 1 aliphatic rings. The van der Waals surface area contributed by atoms with Gasteiger partial charge in [-0.15, -0.1) is 0 Å². The van der Waals surface area contributed by atoms with E-state index in [4.69, 9.17) is 0 Å². The second-order valence-corrected chi connectivity index (χ2v) is 3.15. The normalized spacial score (nSPS) is 20.8. The van der Waals surface area contributed by atoms with E-state index in [1.54, 1.807) is 0 Å². The number of anilines is 1. The summed E-state index contributed by atoms with van der Waals surface area (Å²) in [6.45, 7) is 0. The topological polar surface area (TPSA) is 20.3 Å². The van der Waals surface area contributed by atoms with Gasteiger partial charge >= 0.3 is 0 Å². The Morgan fingerprint density at radius 1 is 1.50 bits per heavy atom. The van der Waals surface area contributed by atoms with Crippen molar-refractivity contribution in [3.63, 3.8) is 0 Å². The molecule has 0 N–H and O–H groups in total. The summed E-state index contributed by atoms with van der Waals surface area (Å²) in [7, 11) is 1.96. The number of para-hydroxylation sites is 1. The minimum atomic E-state index is 0.0439. The summed E-state index contributed by atoms with van der Waals surface area (Å²) in [5, 5.41) is 0. The van der Waals surface area contributed by atoms with Gasteiger partial charge in [0, 0.05) is 19.2 Å². The van der Waals surface area contributed by atoms with Gasteiger partial charge in [0.2, 0.25) is 0 Å². The van der Waals surface area contributed by atoms with Gasteiger partial charge in [-0.1, -0.05) is 18.2 Å². The Bertz CT molecular complexity index is 308. The van der Waals surface area contributed by atoms with E-state index < -0.39 is 0 Å². The summed E-state index contributed by atoms with van der Waals surface area (Å²) < 4.78 is 0. The molecule has 1 aliphatic heterocycles. The fourth-order valence-corrected chi connectivity index (χ4v) is 1.71. The van der Waals surface area contributed by atoms with Crippen LogP contribution in [0.4, 0.5) is 5.69 Å². The number of aldehydes is 1. The largest absolute Gasteiger partial charge is 0.364 e. The summed E-state index contributed by atoms with van der Waals surface area (Å²) >= 11 is 0. The highest BCUT2D eigenvalue weighted by Crippen LogP contribution is 2.29. The molecule has 1 aromatic carbocycles. The van der Waals surface area contributed by atoms with Crippen molar-refractivity contribution >= 4 is 12.0 Å². The van der Waals surface area contributed by atoms with E-state index >= 15 is 0 Å². The Balaban J connectivity index is 2.41. The molecule has 2 rings (SSSR count). The van der Waals surface area contributed by atoms with Crippen LogP contribution < -0.4 is 4.90 Å². The lowest BCUT2D eigenvalue weighted by Crippen LogP contribution is -2.28. The van der Waals surface area contributed by atoms with Crippen LogP contribution in [0.15, 0.2) is 24.3 Å². The van der Waals surface area contributed by atoms with E-state index in [0.29, 0.717) is 0 Å². The first-order valence-corrected chi connectivity index (χ1v) is 4.09. The molecule has 2 heteroatoms. The van der Waals surface area contributed by atoms with E-state index in [-0.39, 0.29) is 6.04 Å². The molecule has 0 fully saturated rings. The van der Waals surface area contributed by atoms with Crippen LogP contribution in [0.25, 0.3) is 0 Å². The van der Waals surface area contributed by atoms with Crippen molar-refractivity contribution < 1.29 is 4.79 Å². The predicted octanol–water partition coefficient (Wildman–Crippen LogP) is 1.25. The van der Waals surface area contributed by atoms with Gasteiger partial charge in [-0.25, -0.2) is 0 Å². The van der Waals surface area contributed by atoms with E-state index in [2.05, 4.69) is 12.1 Å². The number of nitrogens with zero attached hydrogens (tertiary/aromatic N) is 1. The Kier molecular flexibility index (Phi) is 1.61. The Hall–Kier alpha value is -1.31. The first-order chi connectivity index (χ1) is 5.83. The van der Waals surface area contributed by atoms with Crippen molar-refractivity contribution in [3.05, 3.63) is 29.8 Å². The molecule has 0 saturated heterocycles. The van der Waals surface area contributed by atoms with Crippen molar-refractivity contribution in [2.45, 2.75) is 12.5 Å². The van der Waals surface area contributed by atoms with Crippen LogP contribution in [0, 0.1) is 0 Å². The first-order valence-electron chi connectivity index (χ1n) is 4.09. The zero-order valence-electron chi connectivity index (χ0n) is 7.03. The van der Waals surface area contributed by atoms with Crippen LogP contribution in [0.2, 0.25) is 0 Å². The average Bonchev–Trinajstić information content (AvgIpc) is 2.44. The number of carbonyl (C=O) groups excluding carboxylic acids is 1. The monoisotopic (exact) mass is 161 g/mol. The van der Waals surface area contributed by atoms with Crippen LogP contribution in [0.5, 0.6) is 0 Å². The minimum absolute atomic E-state index is 0.0439. The van der Waals surface area contributed by atoms with Crippen LogP contribution in [0.1, 0.15) is 5.56 Å². The minimum Gasteiger partial charge on any atom is -0.364 e. The Morgan fingerprint density at radius 3 is 2.92 bits per heavy atom. The van der Waals surface area contributed by atoms with E-state index in [1.165, 1.54) is 11.3 Å². The Morgan fingerprint density at radius 2 is 2.25 bits per heavy atom. The van der Waals surface area contributed by atoms with Crippen molar-refractivity contribution in [1.29, 1.82) is 0 Å². The second kappa shape index (κ2) is 2.63. The van der Waals surface area contributed by atoms with Crippen molar-refractivity contribution in [2.24, 2.45) is 0 Å². The lowest BCUT2D eigenvalue weighted by molar-refractivity contribution is -0.108. The summed E-state index contributed by atoms with van der Waals surface area (Å²) in [4.78, 5) is 12.7.